The summed E-state index contributed by atoms with van der Waals surface area (Å²) in [5.41, 5.74) is 1.84. The summed E-state index contributed by atoms with van der Waals surface area (Å²) in [7, 11) is 0. The molecule has 0 saturated heterocycles. The molecule has 160 valence electrons. The number of amides is 2. The van der Waals surface area contributed by atoms with E-state index in [1.54, 1.807) is 25.1 Å². The van der Waals surface area contributed by atoms with Gasteiger partial charge in [0, 0.05) is 29.9 Å². The molecule has 1 saturated carbocycles. The molecule has 1 aromatic heterocycles. The monoisotopic (exact) mass is 413 g/mol. The number of hydrogen-bond donors (Lipinski definition) is 2. The SMILES string of the molecule is Cc1c(F)cc(C(=O)NC2CC2)cc1-c1ccc(C(=O)NCCOC(C)(C)C)cn1. The summed E-state index contributed by atoms with van der Waals surface area (Å²) in [6, 6.07) is 6.37. The van der Waals surface area contributed by atoms with E-state index >= 15 is 0 Å². The predicted octanol–water partition coefficient (Wildman–Crippen LogP) is 3.63. The van der Waals surface area contributed by atoms with Gasteiger partial charge >= 0.3 is 0 Å². The third-order valence-corrected chi connectivity index (χ3v) is 4.74. The first-order valence-electron chi connectivity index (χ1n) is 10.1. The van der Waals surface area contributed by atoms with Crippen LogP contribution in [0.5, 0.6) is 0 Å². The number of hydrogen-bond acceptors (Lipinski definition) is 4. The normalized spacial score (nSPS) is 13.8. The summed E-state index contributed by atoms with van der Waals surface area (Å²) < 4.78 is 20.0. The van der Waals surface area contributed by atoms with Crippen LogP contribution in [0, 0.1) is 12.7 Å². The zero-order chi connectivity index (χ0) is 21.9. The molecule has 0 aliphatic heterocycles. The molecule has 6 nitrogen and oxygen atoms in total. The molecule has 0 atom stereocenters. The fraction of sp³-hybridized carbons (Fsp3) is 0.435. The highest BCUT2D eigenvalue weighted by atomic mass is 19.1. The summed E-state index contributed by atoms with van der Waals surface area (Å²) in [6.07, 6.45) is 3.37. The molecule has 0 bridgehead atoms. The summed E-state index contributed by atoms with van der Waals surface area (Å²) >= 11 is 0. The van der Waals surface area contributed by atoms with Crippen molar-refractivity contribution in [3.63, 3.8) is 0 Å². The molecule has 0 radical (unpaired) electrons. The third kappa shape index (κ3) is 5.86. The Kier molecular flexibility index (Phi) is 6.51. The Bertz CT molecular complexity index is 932. The number of carbonyl (C=O) groups excluding carboxylic acids is 2. The lowest BCUT2D eigenvalue weighted by Gasteiger charge is -2.19. The summed E-state index contributed by atoms with van der Waals surface area (Å²) in [4.78, 5) is 28.9. The Labute approximate surface area is 176 Å². The molecule has 3 rings (SSSR count). The summed E-state index contributed by atoms with van der Waals surface area (Å²) in [5, 5.41) is 5.65. The average Bonchev–Trinajstić information content (AvgIpc) is 3.50. The fourth-order valence-electron chi connectivity index (χ4n) is 2.88. The van der Waals surface area contributed by atoms with Gasteiger partial charge in [-0.2, -0.15) is 0 Å². The van der Waals surface area contributed by atoms with Crippen molar-refractivity contribution in [3.05, 3.63) is 53.0 Å². The van der Waals surface area contributed by atoms with Crippen molar-refractivity contribution in [3.8, 4) is 11.3 Å². The molecule has 1 aliphatic rings. The second-order valence-corrected chi connectivity index (χ2v) is 8.53. The van der Waals surface area contributed by atoms with Gasteiger partial charge in [0.1, 0.15) is 5.82 Å². The zero-order valence-corrected chi connectivity index (χ0v) is 17.8. The van der Waals surface area contributed by atoms with Crippen molar-refractivity contribution in [1.82, 2.24) is 15.6 Å². The number of carbonyl (C=O) groups is 2. The van der Waals surface area contributed by atoms with Gasteiger partial charge in [-0.05, 0) is 70.4 Å². The van der Waals surface area contributed by atoms with Gasteiger partial charge in [0.25, 0.3) is 11.8 Å². The van der Waals surface area contributed by atoms with E-state index in [1.165, 1.54) is 12.3 Å². The lowest BCUT2D eigenvalue weighted by Crippen LogP contribution is -2.30. The van der Waals surface area contributed by atoms with Crippen molar-refractivity contribution in [2.75, 3.05) is 13.2 Å². The van der Waals surface area contributed by atoms with Crippen molar-refractivity contribution in [1.29, 1.82) is 0 Å². The fourth-order valence-corrected chi connectivity index (χ4v) is 2.88. The summed E-state index contributed by atoms with van der Waals surface area (Å²) in [6.45, 7) is 8.30. The van der Waals surface area contributed by atoms with Crippen LogP contribution in [0.15, 0.2) is 30.5 Å². The van der Waals surface area contributed by atoms with Crippen LogP contribution in [-0.2, 0) is 4.74 Å². The molecule has 2 aromatic rings. The lowest BCUT2D eigenvalue weighted by molar-refractivity contribution is -0.000656. The number of rotatable bonds is 7. The molecule has 1 aliphatic carbocycles. The summed E-state index contributed by atoms with van der Waals surface area (Å²) in [5.74, 6) is -1.01. The molecule has 0 spiro atoms. The number of ether oxygens (including phenoxy) is 1. The van der Waals surface area contributed by atoms with Crippen molar-refractivity contribution in [2.45, 2.75) is 52.2 Å². The van der Waals surface area contributed by atoms with E-state index in [1.807, 2.05) is 20.8 Å². The maximum atomic E-state index is 14.4. The van der Waals surface area contributed by atoms with E-state index in [0.717, 1.165) is 12.8 Å². The maximum Gasteiger partial charge on any atom is 0.252 e. The maximum absolute atomic E-state index is 14.4. The van der Waals surface area contributed by atoms with Crippen LogP contribution in [0.1, 0.15) is 59.9 Å². The van der Waals surface area contributed by atoms with E-state index in [-0.39, 0.29) is 29.0 Å². The van der Waals surface area contributed by atoms with Gasteiger partial charge in [-0.15, -0.1) is 0 Å². The number of benzene rings is 1. The van der Waals surface area contributed by atoms with Crippen LogP contribution in [0.4, 0.5) is 4.39 Å². The number of aromatic nitrogens is 1. The highest BCUT2D eigenvalue weighted by Gasteiger charge is 2.24. The average molecular weight is 413 g/mol. The molecular weight excluding hydrogens is 385 g/mol. The van der Waals surface area contributed by atoms with Gasteiger partial charge in [0.05, 0.1) is 23.5 Å². The van der Waals surface area contributed by atoms with Crippen LogP contribution >= 0.6 is 0 Å². The highest BCUT2D eigenvalue weighted by molar-refractivity contribution is 5.96. The van der Waals surface area contributed by atoms with E-state index in [2.05, 4.69) is 15.6 Å². The van der Waals surface area contributed by atoms with Crippen LogP contribution in [0.2, 0.25) is 0 Å². The minimum absolute atomic E-state index is 0.190. The van der Waals surface area contributed by atoms with Crippen LogP contribution in [0.25, 0.3) is 11.3 Å². The van der Waals surface area contributed by atoms with Gasteiger partial charge < -0.3 is 15.4 Å². The Morgan fingerprint density at radius 3 is 2.50 bits per heavy atom. The first-order valence-corrected chi connectivity index (χ1v) is 10.1. The molecule has 1 fully saturated rings. The molecule has 0 unspecified atom stereocenters. The Hall–Kier alpha value is -2.80. The molecule has 2 amide bonds. The molecule has 30 heavy (non-hydrogen) atoms. The van der Waals surface area contributed by atoms with Gasteiger partial charge in [0.2, 0.25) is 0 Å². The number of nitrogens with one attached hydrogen (secondary N) is 2. The van der Waals surface area contributed by atoms with Crippen molar-refractivity contribution < 1.29 is 18.7 Å². The van der Waals surface area contributed by atoms with E-state index in [0.29, 0.717) is 35.5 Å². The van der Waals surface area contributed by atoms with Gasteiger partial charge in [-0.3, -0.25) is 14.6 Å². The minimum Gasteiger partial charge on any atom is -0.374 e. The predicted molar refractivity (Wildman–Crippen MR) is 113 cm³/mol. The van der Waals surface area contributed by atoms with Gasteiger partial charge in [-0.25, -0.2) is 4.39 Å². The van der Waals surface area contributed by atoms with Crippen LogP contribution in [0.3, 0.4) is 0 Å². The number of nitrogens with zero attached hydrogens (tertiary/aromatic N) is 1. The van der Waals surface area contributed by atoms with Crippen LogP contribution in [-0.4, -0.2) is 41.6 Å². The smallest absolute Gasteiger partial charge is 0.252 e. The number of halogens is 1. The van der Waals surface area contributed by atoms with Crippen molar-refractivity contribution >= 4 is 11.8 Å². The first-order chi connectivity index (χ1) is 14.1. The van der Waals surface area contributed by atoms with E-state index in [4.69, 9.17) is 4.74 Å². The van der Waals surface area contributed by atoms with E-state index < -0.39 is 5.82 Å². The second-order valence-electron chi connectivity index (χ2n) is 8.53. The molecule has 1 heterocycles. The zero-order valence-electron chi connectivity index (χ0n) is 17.8. The van der Waals surface area contributed by atoms with Gasteiger partial charge in [0.15, 0.2) is 0 Å². The first kappa shape index (κ1) is 21.9. The van der Waals surface area contributed by atoms with Gasteiger partial charge in [-0.1, -0.05) is 0 Å². The molecule has 7 heteroatoms. The number of pyridine rings is 1. The quantitative estimate of drug-likeness (QED) is 0.680. The molecular formula is C23H28FN3O3. The Morgan fingerprint density at radius 1 is 1.17 bits per heavy atom. The Balaban J connectivity index is 1.70. The second kappa shape index (κ2) is 8.92. The van der Waals surface area contributed by atoms with Crippen molar-refractivity contribution in [2.24, 2.45) is 0 Å². The van der Waals surface area contributed by atoms with E-state index in [9.17, 15) is 14.0 Å². The third-order valence-electron chi connectivity index (χ3n) is 4.74. The largest absolute Gasteiger partial charge is 0.374 e. The highest BCUT2D eigenvalue weighted by Crippen LogP contribution is 2.26. The Morgan fingerprint density at radius 2 is 1.90 bits per heavy atom. The standard InChI is InChI=1S/C23H28FN3O3/c1-14-18(11-16(12-19(14)24)22(29)27-17-6-7-17)20-8-5-15(13-26-20)21(28)25-9-10-30-23(2,3)4/h5,8,11-13,17H,6-7,9-10H2,1-4H3,(H,25,28)(H,27,29). The lowest BCUT2D eigenvalue weighted by atomic mass is 10.00. The van der Waals surface area contributed by atoms with Crippen LogP contribution < -0.4 is 10.6 Å². The molecule has 1 aromatic carbocycles. The molecule has 2 N–H and O–H groups in total. The topological polar surface area (TPSA) is 80.3 Å². The minimum atomic E-state index is -0.462.